The van der Waals surface area contributed by atoms with Crippen molar-refractivity contribution < 1.29 is 9.18 Å². The second-order valence-corrected chi connectivity index (χ2v) is 5.24. The van der Waals surface area contributed by atoms with Crippen molar-refractivity contribution >= 4 is 28.8 Å². The Morgan fingerprint density at radius 2 is 2.20 bits per heavy atom. The summed E-state index contributed by atoms with van der Waals surface area (Å²) in [6.45, 7) is 5.78. The third-order valence-electron chi connectivity index (χ3n) is 2.10. The minimum Gasteiger partial charge on any atom is -0.346 e. The number of carbonyl (C=O) groups is 1. The lowest BCUT2D eigenvalue weighted by Gasteiger charge is -2.13. The molecule has 2 atom stereocenters. The van der Waals surface area contributed by atoms with Gasteiger partial charge in [0.05, 0.1) is 6.04 Å². The minimum absolute atomic E-state index is 0.209. The summed E-state index contributed by atoms with van der Waals surface area (Å²) in [5.74, 6) is -0.785. The van der Waals surface area contributed by atoms with Gasteiger partial charge in [-0.15, -0.1) is 11.3 Å². The average Bonchev–Trinajstić information content (AvgIpc) is 2.44. The third kappa shape index (κ3) is 3.18. The Balaban J connectivity index is 2.73. The molecular weight excluding hydrogens is 237 g/mol. The highest BCUT2D eigenvalue weighted by molar-refractivity contribution is 7.12. The van der Waals surface area contributed by atoms with Gasteiger partial charge >= 0.3 is 0 Å². The second-order valence-electron chi connectivity index (χ2n) is 3.40. The van der Waals surface area contributed by atoms with Crippen molar-refractivity contribution in [1.82, 2.24) is 5.32 Å². The summed E-state index contributed by atoms with van der Waals surface area (Å²) < 4.78 is 12.4. The fourth-order valence-corrected chi connectivity index (χ4v) is 2.52. The van der Waals surface area contributed by atoms with Gasteiger partial charge in [0.15, 0.2) is 0 Å². The van der Waals surface area contributed by atoms with E-state index in [1.807, 2.05) is 26.8 Å². The lowest BCUT2D eigenvalue weighted by atomic mass is 10.1. The summed E-state index contributed by atoms with van der Waals surface area (Å²) in [5.41, 5.74) is -0.962. The summed E-state index contributed by atoms with van der Waals surface area (Å²) in [5, 5.41) is 2.51. The maximum Gasteiger partial charge on any atom is 0.270 e. The van der Waals surface area contributed by atoms with Gasteiger partial charge in [-0.3, -0.25) is 4.79 Å². The maximum absolute atomic E-state index is 12.4. The molecule has 0 fully saturated rings. The first-order valence-electron chi connectivity index (χ1n) is 4.57. The van der Waals surface area contributed by atoms with Gasteiger partial charge in [-0.05, 0) is 32.4 Å². The summed E-state index contributed by atoms with van der Waals surface area (Å²) in [6.07, 6.45) is 0. The number of nitrogens with one attached hydrogen (secondary N) is 1. The number of halogens is 2. The predicted molar refractivity (Wildman–Crippen MR) is 61.1 cm³/mol. The zero-order valence-corrected chi connectivity index (χ0v) is 10.4. The number of hydrogen-bond acceptors (Lipinski definition) is 2. The van der Waals surface area contributed by atoms with E-state index in [9.17, 15) is 9.18 Å². The minimum atomic E-state index is -1.98. The van der Waals surface area contributed by atoms with E-state index in [0.29, 0.717) is 0 Å². The Labute approximate surface area is 97.4 Å². The van der Waals surface area contributed by atoms with Crippen molar-refractivity contribution in [1.29, 1.82) is 0 Å². The van der Waals surface area contributed by atoms with E-state index in [0.717, 1.165) is 10.4 Å². The van der Waals surface area contributed by atoms with Crippen molar-refractivity contribution in [3.05, 3.63) is 21.4 Å². The summed E-state index contributed by atoms with van der Waals surface area (Å²) in [6, 6.07) is 1.78. The lowest BCUT2D eigenvalue weighted by Crippen LogP contribution is -2.31. The zero-order valence-electron chi connectivity index (χ0n) is 8.80. The quantitative estimate of drug-likeness (QED) is 0.820. The van der Waals surface area contributed by atoms with Crippen LogP contribution in [0.25, 0.3) is 0 Å². The first-order chi connectivity index (χ1) is 6.91. The molecule has 1 aromatic heterocycles. The first-order valence-corrected chi connectivity index (χ1v) is 5.82. The molecule has 2 nitrogen and oxygen atoms in total. The van der Waals surface area contributed by atoms with E-state index in [4.69, 9.17) is 11.6 Å². The van der Waals surface area contributed by atoms with Gasteiger partial charge in [-0.25, -0.2) is 4.39 Å². The van der Waals surface area contributed by atoms with Crippen LogP contribution in [0.1, 0.15) is 28.3 Å². The zero-order chi connectivity index (χ0) is 11.6. The molecule has 15 heavy (non-hydrogen) atoms. The van der Waals surface area contributed by atoms with Crippen molar-refractivity contribution in [2.45, 2.75) is 32.4 Å². The number of alkyl halides is 2. The molecule has 0 bridgehead atoms. The summed E-state index contributed by atoms with van der Waals surface area (Å²) in [4.78, 5) is 13.3. The summed E-state index contributed by atoms with van der Waals surface area (Å²) >= 11 is 6.68. The monoisotopic (exact) mass is 249 g/mol. The standard InChI is InChI=1S/C10H13ClFNOS/c1-5-4-8(7(3)15-5)6(2)13-10(14)9(11)12/h4,6,9H,1-3H3,(H,13,14). The number of carbonyl (C=O) groups excluding carboxylic acids is 1. The molecule has 0 radical (unpaired) electrons. The van der Waals surface area contributed by atoms with Crippen molar-refractivity contribution in [2.24, 2.45) is 0 Å². The second kappa shape index (κ2) is 4.94. The SMILES string of the molecule is Cc1cc(C(C)NC(=O)C(F)Cl)c(C)s1. The number of amides is 1. The molecule has 0 spiro atoms. The Morgan fingerprint density at radius 3 is 2.60 bits per heavy atom. The number of thiophene rings is 1. The molecule has 1 rings (SSSR count). The van der Waals surface area contributed by atoms with Gasteiger partial charge < -0.3 is 5.32 Å². The first kappa shape index (κ1) is 12.5. The van der Waals surface area contributed by atoms with E-state index in [1.54, 1.807) is 11.3 Å². The molecule has 1 heterocycles. The van der Waals surface area contributed by atoms with Crippen LogP contribution in [-0.4, -0.2) is 11.5 Å². The van der Waals surface area contributed by atoms with Gasteiger partial charge in [-0.2, -0.15) is 0 Å². The molecule has 2 unspecified atom stereocenters. The predicted octanol–water partition coefficient (Wildman–Crippen LogP) is 3.08. The molecule has 0 aliphatic rings. The van der Waals surface area contributed by atoms with Crippen molar-refractivity contribution in [3.8, 4) is 0 Å². The third-order valence-corrected chi connectivity index (χ3v) is 3.28. The Morgan fingerprint density at radius 1 is 1.60 bits per heavy atom. The number of rotatable bonds is 3. The van der Waals surface area contributed by atoms with E-state index < -0.39 is 11.5 Å². The Hall–Kier alpha value is -0.610. The highest BCUT2D eigenvalue weighted by Crippen LogP contribution is 2.26. The van der Waals surface area contributed by atoms with E-state index in [-0.39, 0.29) is 6.04 Å². The summed E-state index contributed by atoms with van der Waals surface area (Å²) in [7, 11) is 0. The average molecular weight is 250 g/mol. The van der Waals surface area contributed by atoms with Crippen LogP contribution < -0.4 is 5.32 Å². The van der Waals surface area contributed by atoms with Gasteiger partial charge in [0.2, 0.25) is 0 Å². The molecule has 1 N–H and O–H groups in total. The van der Waals surface area contributed by atoms with Gasteiger partial charge in [0.25, 0.3) is 11.5 Å². The highest BCUT2D eigenvalue weighted by Gasteiger charge is 2.18. The topological polar surface area (TPSA) is 29.1 Å². The van der Waals surface area contributed by atoms with E-state index in [1.165, 1.54) is 4.88 Å². The van der Waals surface area contributed by atoms with Crippen LogP contribution in [0.2, 0.25) is 0 Å². The molecule has 0 aliphatic carbocycles. The van der Waals surface area contributed by atoms with Crippen LogP contribution in [0.5, 0.6) is 0 Å². The molecule has 0 saturated heterocycles. The van der Waals surface area contributed by atoms with Crippen LogP contribution >= 0.6 is 22.9 Å². The number of aryl methyl sites for hydroxylation is 2. The van der Waals surface area contributed by atoms with Crippen molar-refractivity contribution in [2.75, 3.05) is 0 Å². The van der Waals surface area contributed by atoms with Crippen LogP contribution in [0.15, 0.2) is 6.07 Å². The highest BCUT2D eigenvalue weighted by atomic mass is 35.5. The van der Waals surface area contributed by atoms with Crippen LogP contribution in [0.3, 0.4) is 0 Å². The molecule has 0 saturated carbocycles. The van der Waals surface area contributed by atoms with Crippen LogP contribution in [-0.2, 0) is 4.79 Å². The normalized spacial score (nSPS) is 14.7. The van der Waals surface area contributed by atoms with Gasteiger partial charge in [0, 0.05) is 9.75 Å². The van der Waals surface area contributed by atoms with E-state index in [2.05, 4.69) is 5.32 Å². The molecule has 1 amide bonds. The van der Waals surface area contributed by atoms with Gasteiger partial charge in [-0.1, -0.05) is 11.6 Å². The van der Waals surface area contributed by atoms with Crippen LogP contribution in [0.4, 0.5) is 4.39 Å². The molecule has 1 aromatic rings. The largest absolute Gasteiger partial charge is 0.346 e. The fourth-order valence-electron chi connectivity index (χ4n) is 1.43. The molecule has 0 aromatic carbocycles. The lowest BCUT2D eigenvalue weighted by molar-refractivity contribution is -0.124. The van der Waals surface area contributed by atoms with E-state index >= 15 is 0 Å². The molecule has 84 valence electrons. The molecular formula is C10H13ClFNOS. The van der Waals surface area contributed by atoms with Gasteiger partial charge in [0.1, 0.15) is 0 Å². The van der Waals surface area contributed by atoms with Crippen molar-refractivity contribution in [3.63, 3.8) is 0 Å². The van der Waals surface area contributed by atoms with Crippen LogP contribution in [0, 0.1) is 13.8 Å². The fraction of sp³-hybridized carbons (Fsp3) is 0.500. The smallest absolute Gasteiger partial charge is 0.270 e. The molecule has 5 heteroatoms. The Bertz CT molecular complexity index is 364. The maximum atomic E-state index is 12.4. The Kier molecular flexibility index (Phi) is 4.11. The molecule has 0 aliphatic heterocycles. The number of hydrogen-bond donors (Lipinski definition) is 1.